The molecule has 3 aromatic rings. The smallest absolute Gasteiger partial charge is 0.171 e. The van der Waals surface area contributed by atoms with Gasteiger partial charge in [-0.1, -0.05) is 24.3 Å². The lowest BCUT2D eigenvalue weighted by atomic mass is 10.2. The van der Waals surface area contributed by atoms with E-state index in [4.69, 9.17) is 5.26 Å². The number of halogens is 1. The van der Waals surface area contributed by atoms with Crippen molar-refractivity contribution in [1.29, 1.82) is 5.26 Å². The summed E-state index contributed by atoms with van der Waals surface area (Å²) >= 11 is 0. The first kappa shape index (κ1) is 15.4. The van der Waals surface area contributed by atoms with Crippen LogP contribution >= 0.6 is 0 Å². The summed E-state index contributed by atoms with van der Waals surface area (Å²) in [6, 6.07) is 11.8. The third kappa shape index (κ3) is 3.65. The quantitative estimate of drug-likeness (QED) is 0.782. The molecule has 0 aliphatic carbocycles. The highest BCUT2D eigenvalue weighted by Gasteiger charge is 2.06. The number of nitrogens with zero attached hydrogens (tertiary/aromatic N) is 4. The zero-order valence-corrected chi connectivity index (χ0v) is 12.7. The molecule has 0 fully saturated rings. The molecule has 6 heteroatoms. The van der Waals surface area contributed by atoms with Crippen LogP contribution in [0, 0.1) is 17.1 Å². The predicted molar refractivity (Wildman–Crippen MR) is 90.0 cm³/mol. The van der Waals surface area contributed by atoms with Crippen LogP contribution in [0.3, 0.4) is 0 Å². The molecule has 0 unspecified atom stereocenters. The molecule has 0 atom stereocenters. The van der Waals surface area contributed by atoms with Crippen molar-refractivity contribution in [3.63, 3.8) is 0 Å². The molecule has 0 aliphatic rings. The number of aromatic nitrogens is 3. The summed E-state index contributed by atoms with van der Waals surface area (Å²) in [5.41, 5.74) is 2.21. The van der Waals surface area contributed by atoms with Gasteiger partial charge in [-0.3, -0.25) is 0 Å². The van der Waals surface area contributed by atoms with Crippen molar-refractivity contribution >= 4 is 11.8 Å². The highest BCUT2D eigenvalue weighted by molar-refractivity contribution is 5.51. The number of rotatable bonds is 5. The van der Waals surface area contributed by atoms with E-state index in [1.165, 1.54) is 12.1 Å². The van der Waals surface area contributed by atoms with Crippen molar-refractivity contribution in [1.82, 2.24) is 14.8 Å². The van der Waals surface area contributed by atoms with Gasteiger partial charge in [-0.25, -0.2) is 14.1 Å². The standard InChI is InChI=1S/C18H14FN5/c19-16-7-5-14(6-8-16)3-1-9-21-17-12-23-24(13-17)18-15(11-20)4-2-10-22-18/h1-8,10,12-13,21H,9H2/b3-1+. The van der Waals surface area contributed by atoms with Gasteiger partial charge in [0, 0.05) is 12.7 Å². The maximum atomic E-state index is 12.8. The van der Waals surface area contributed by atoms with Gasteiger partial charge in [0.2, 0.25) is 0 Å². The largest absolute Gasteiger partial charge is 0.379 e. The van der Waals surface area contributed by atoms with E-state index in [2.05, 4.69) is 21.5 Å². The molecule has 3 rings (SSSR count). The minimum atomic E-state index is -0.246. The van der Waals surface area contributed by atoms with E-state index in [-0.39, 0.29) is 5.82 Å². The molecular formula is C18H14FN5. The molecule has 0 amide bonds. The summed E-state index contributed by atoms with van der Waals surface area (Å²) in [5.74, 6) is 0.249. The van der Waals surface area contributed by atoms with Crippen LogP contribution in [0.2, 0.25) is 0 Å². The average molecular weight is 319 g/mol. The number of anilines is 1. The van der Waals surface area contributed by atoms with Gasteiger partial charge in [-0.05, 0) is 29.8 Å². The van der Waals surface area contributed by atoms with Gasteiger partial charge < -0.3 is 5.32 Å². The van der Waals surface area contributed by atoms with Crippen molar-refractivity contribution < 1.29 is 4.39 Å². The fourth-order valence-electron chi connectivity index (χ4n) is 2.14. The Kier molecular flexibility index (Phi) is 4.63. The highest BCUT2D eigenvalue weighted by atomic mass is 19.1. The monoisotopic (exact) mass is 319 g/mol. The predicted octanol–water partition coefficient (Wildman–Crippen LogP) is 3.40. The molecule has 1 aromatic carbocycles. The first-order valence-electron chi connectivity index (χ1n) is 7.32. The first-order chi connectivity index (χ1) is 11.8. The van der Waals surface area contributed by atoms with Crippen LogP contribution in [0.1, 0.15) is 11.1 Å². The minimum Gasteiger partial charge on any atom is -0.379 e. The van der Waals surface area contributed by atoms with Crippen molar-refractivity contribution in [3.05, 3.63) is 78.0 Å². The Morgan fingerprint density at radius 2 is 2.08 bits per heavy atom. The number of nitriles is 1. The first-order valence-corrected chi connectivity index (χ1v) is 7.32. The fourth-order valence-corrected chi connectivity index (χ4v) is 2.14. The lowest BCUT2D eigenvalue weighted by Gasteiger charge is -2.01. The van der Waals surface area contributed by atoms with Crippen LogP contribution in [0.4, 0.5) is 10.1 Å². The average Bonchev–Trinajstić information content (AvgIpc) is 3.09. The summed E-state index contributed by atoms with van der Waals surface area (Å²) in [6.45, 7) is 0.594. The van der Waals surface area contributed by atoms with Gasteiger partial charge in [0.25, 0.3) is 0 Å². The van der Waals surface area contributed by atoms with Gasteiger partial charge in [0.1, 0.15) is 11.9 Å². The van der Waals surface area contributed by atoms with Gasteiger partial charge in [0.05, 0.1) is 23.6 Å². The molecule has 2 aromatic heterocycles. The van der Waals surface area contributed by atoms with E-state index in [0.29, 0.717) is 17.9 Å². The normalized spacial score (nSPS) is 10.7. The molecule has 2 heterocycles. The molecular weight excluding hydrogens is 305 g/mol. The second-order valence-electron chi connectivity index (χ2n) is 4.99. The minimum absolute atomic E-state index is 0.246. The molecule has 118 valence electrons. The maximum Gasteiger partial charge on any atom is 0.171 e. The molecule has 0 saturated carbocycles. The molecule has 1 N–H and O–H groups in total. The lowest BCUT2D eigenvalue weighted by Crippen LogP contribution is -2.01. The second kappa shape index (κ2) is 7.20. The van der Waals surface area contributed by atoms with Gasteiger partial charge in [-0.2, -0.15) is 10.4 Å². The summed E-state index contributed by atoms with van der Waals surface area (Å²) in [6.07, 6.45) is 8.91. The SMILES string of the molecule is N#Cc1cccnc1-n1cc(NC/C=C/c2ccc(F)cc2)cn1. The van der Waals surface area contributed by atoms with Crippen LogP contribution < -0.4 is 5.32 Å². The molecule has 5 nitrogen and oxygen atoms in total. The van der Waals surface area contributed by atoms with E-state index >= 15 is 0 Å². The van der Waals surface area contributed by atoms with Gasteiger partial charge >= 0.3 is 0 Å². The van der Waals surface area contributed by atoms with Crippen LogP contribution in [0.5, 0.6) is 0 Å². The van der Waals surface area contributed by atoms with Crippen LogP contribution in [-0.2, 0) is 0 Å². The Bertz CT molecular complexity index is 890. The van der Waals surface area contributed by atoms with E-state index in [1.54, 1.807) is 47.5 Å². The summed E-state index contributed by atoms with van der Waals surface area (Å²) in [4.78, 5) is 4.18. The van der Waals surface area contributed by atoms with Gasteiger partial charge in [-0.15, -0.1) is 0 Å². The molecule has 0 aliphatic heterocycles. The van der Waals surface area contributed by atoms with Crippen LogP contribution in [0.25, 0.3) is 11.9 Å². The summed E-state index contributed by atoms with van der Waals surface area (Å²) in [7, 11) is 0. The van der Waals surface area contributed by atoms with E-state index in [9.17, 15) is 4.39 Å². The zero-order chi connectivity index (χ0) is 16.8. The number of benzene rings is 1. The lowest BCUT2D eigenvalue weighted by molar-refractivity contribution is 0.628. The molecule has 0 radical (unpaired) electrons. The Morgan fingerprint density at radius 1 is 1.25 bits per heavy atom. The van der Waals surface area contributed by atoms with Crippen molar-refractivity contribution in [2.75, 3.05) is 11.9 Å². The number of pyridine rings is 1. The number of nitrogens with one attached hydrogen (secondary N) is 1. The number of hydrogen-bond acceptors (Lipinski definition) is 4. The molecule has 0 spiro atoms. The van der Waals surface area contributed by atoms with Gasteiger partial charge in [0.15, 0.2) is 5.82 Å². The fraction of sp³-hybridized carbons (Fsp3) is 0.0556. The third-order valence-corrected chi connectivity index (χ3v) is 3.31. The van der Waals surface area contributed by atoms with E-state index in [0.717, 1.165) is 11.3 Å². The van der Waals surface area contributed by atoms with E-state index < -0.39 is 0 Å². The summed E-state index contributed by atoms with van der Waals surface area (Å²) < 4.78 is 14.4. The van der Waals surface area contributed by atoms with Crippen LogP contribution in [-0.4, -0.2) is 21.3 Å². The highest BCUT2D eigenvalue weighted by Crippen LogP contribution is 2.13. The summed E-state index contributed by atoms with van der Waals surface area (Å²) in [5, 5.41) is 16.5. The second-order valence-corrected chi connectivity index (χ2v) is 4.99. The van der Waals surface area contributed by atoms with Crippen LogP contribution in [0.15, 0.2) is 61.1 Å². The Morgan fingerprint density at radius 3 is 2.88 bits per heavy atom. The topological polar surface area (TPSA) is 66.5 Å². The van der Waals surface area contributed by atoms with Crippen molar-refractivity contribution in [2.45, 2.75) is 0 Å². The van der Waals surface area contributed by atoms with E-state index in [1.807, 2.05) is 12.2 Å². The van der Waals surface area contributed by atoms with Crippen molar-refractivity contribution in [2.24, 2.45) is 0 Å². The Labute approximate surface area is 138 Å². The third-order valence-electron chi connectivity index (χ3n) is 3.31. The zero-order valence-electron chi connectivity index (χ0n) is 12.7. The molecule has 0 saturated heterocycles. The number of hydrogen-bond donors (Lipinski definition) is 1. The van der Waals surface area contributed by atoms with Crippen molar-refractivity contribution in [3.8, 4) is 11.9 Å². The molecule has 24 heavy (non-hydrogen) atoms. The Balaban J connectivity index is 1.62. The Hall–Kier alpha value is -3.46. The molecule has 0 bridgehead atoms. The maximum absolute atomic E-state index is 12.8.